The van der Waals surface area contributed by atoms with E-state index in [1.165, 1.54) is 0 Å². The van der Waals surface area contributed by atoms with Gasteiger partial charge in [-0.3, -0.25) is 0 Å². The maximum Gasteiger partial charge on any atom is 0.350 e. The lowest BCUT2D eigenvalue weighted by Gasteiger charge is -2.01. The van der Waals surface area contributed by atoms with E-state index >= 15 is 0 Å². The van der Waals surface area contributed by atoms with E-state index in [-0.39, 0.29) is 13.0 Å². The molecule has 0 aromatic rings. The Labute approximate surface area is 62.9 Å². The van der Waals surface area contributed by atoms with Crippen LogP contribution in [-0.2, 0) is 10.0 Å². The molecule has 0 radical (unpaired) electrons. The number of hydrogen-bond acceptors (Lipinski definition) is 3. The first kappa shape index (κ1) is 10.3. The zero-order valence-electron chi connectivity index (χ0n) is 5.42. The zero-order chi connectivity index (χ0) is 8.91. The number of sulfonamides is 1. The number of nitrogens with one attached hydrogen (secondary N) is 1. The molecule has 64 valence electrons. The van der Waals surface area contributed by atoms with Gasteiger partial charge in [-0.15, -0.1) is 0 Å². The van der Waals surface area contributed by atoms with Crippen LogP contribution in [0.25, 0.3) is 0 Å². The fourth-order valence-electron chi connectivity index (χ4n) is 0.312. The number of halogens is 2. The second-order valence-electron chi connectivity index (χ2n) is 1.61. The van der Waals surface area contributed by atoms with Gasteiger partial charge in [0.25, 0.3) is 10.0 Å². The van der Waals surface area contributed by atoms with Gasteiger partial charge in [-0.2, -0.15) is 14.0 Å². The Morgan fingerprint density at radius 1 is 1.55 bits per heavy atom. The van der Waals surface area contributed by atoms with Gasteiger partial charge in [0.15, 0.2) is 0 Å². The maximum absolute atomic E-state index is 11.5. The average Bonchev–Trinajstić information content (AvgIpc) is 1.88. The first-order valence-corrected chi connectivity index (χ1v) is 4.19. The predicted molar refractivity (Wildman–Crippen MR) is 33.2 cm³/mol. The van der Waals surface area contributed by atoms with Crippen LogP contribution in [0.3, 0.4) is 0 Å². The second-order valence-corrected chi connectivity index (χ2v) is 3.34. The van der Waals surface area contributed by atoms with Crippen LogP contribution in [0.5, 0.6) is 0 Å². The second kappa shape index (κ2) is 4.20. The number of hydrogen-bond donors (Lipinski definition) is 1. The van der Waals surface area contributed by atoms with Crippen LogP contribution in [0.4, 0.5) is 8.78 Å². The Kier molecular flexibility index (Phi) is 3.92. The number of nitrogens with zero attached hydrogens (tertiary/aromatic N) is 1. The van der Waals surface area contributed by atoms with E-state index in [1.54, 1.807) is 10.8 Å². The molecule has 0 spiro atoms. The lowest BCUT2D eigenvalue weighted by atomic mass is 10.5. The predicted octanol–water partition coefficient (Wildman–Crippen LogP) is 0.0421. The average molecular weight is 184 g/mol. The minimum atomic E-state index is -4.50. The highest BCUT2D eigenvalue weighted by atomic mass is 32.2. The van der Waals surface area contributed by atoms with Crippen LogP contribution in [0.1, 0.15) is 6.42 Å². The van der Waals surface area contributed by atoms with Gasteiger partial charge in [0.05, 0.1) is 6.07 Å². The SMILES string of the molecule is N#CCCNS(=O)(=O)C(F)F. The van der Waals surface area contributed by atoms with Crippen LogP contribution in [0.2, 0.25) is 0 Å². The van der Waals surface area contributed by atoms with Gasteiger partial charge < -0.3 is 0 Å². The number of rotatable bonds is 4. The summed E-state index contributed by atoms with van der Waals surface area (Å²) >= 11 is 0. The van der Waals surface area contributed by atoms with Crippen molar-refractivity contribution in [3.05, 3.63) is 0 Å². The quantitative estimate of drug-likeness (QED) is 0.627. The summed E-state index contributed by atoms with van der Waals surface area (Å²) < 4.78 is 45.0. The third kappa shape index (κ3) is 3.85. The maximum atomic E-state index is 11.5. The smallest absolute Gasteiger partial charge is 0.209 e. The van der Waals surface area contributed by atoms with Crippen LogP contribution in [-0.4, -0.2) is 20.7 Å². The molecular formula is C4H6F2N2O2S. The molecule has 0 aromatic carbocycles. The van der Waals surface area contributed by atoms with E-state index in [2.05, 4.69) is 0 Å². The minimum Gasteiger partial charge on any atom is -0.209 e. The highest BCUT2D eigenvalue weighted by Crippen LogP contribution is 2.00. The molecule has 0 saturated heterocycles. The molecular weight excluding hydrogens is 178 g/mol. The lowest BCUT2D eigenvalue weighted by molar-refractivity contribution is 0.232. The van der Waals surface area contributed by atoms with Gasteiger partial charge in [0.1, 0.15) is 0 Å². The molecule has 0 bridgehead atoms. The highest BCUT2D eigenvalue weighted by molar-refractivity contribution is 7.89. The van der Waals surface area contributed by atoms with Crippen molar-refractivity contribution in [3.8, 4) is 6.07 Å². The molecule has 0 unspecified atom stereocenters. The van der Waals surface area contributed by atoms with Crippen LogP contribution >= 0.6 is 0 Å². The fourth-order valence-corrected chi connectivity index (χ4v) is 0.825. The van der Waals surface area contributed by atoms with Crippen molar-refractivity contribution in [1.82, 2.24) is 4.72 Å². The zero-order valence-corrected chi connectivity index (χ0v) is 6.24. The summed E-state index contributed by atoms with van der Waals surface area (Å²) in [6.07, 6.45) is -0.119. The third-order valence-electron chi connectivity index (χ3n) is 0.775. The van der Waals surface area contributed by atoms with Crippen molar-refractivity contribution < 1.29 is 17.2 Å². The van der Waals surface area contributed by atoms with E-state index in [0.29, 0.717) is 0 Å². The Morgan fingerprint density at radius 2 is 2.09 bits per heavy atom. The van der Waals surface area contributed by atoms with E-state index in [4.69, 9.17) is 5.26 Å². The monoisotopic (exact) mass is 184 g/mol. The fraction of sp³-hybridized carbons (Fsp3) is 0.750. The summed E-state index contributed by atoms with van der Waals surface area (Å²) in [5.74, 6) is -3.43. The van der Waals surface area contributed by atoms with E-state index in [1.807, 2.05) is 0 Å². The van der Waals surface area contributed by atoms with Crippen LogP contribution < -0.4 is 4.72 Å². The summed E-state index contributed by atoms with van der Waals surface area (Å²) in [5, 5.41) is 7.93. The van der Waals surface area contributed by atoms with Gasteiger partial charge in [0, 0.05) is 13.0 Å². The molecule has 0 fully saturated rings. The van der Waals surface area contributed by atoms with Crippen molar-refractivity contribution in [3.63, 3.8) is 0 Å². The van der Waals surface area contributed by atoms with Crippen molar-refractivity contribution in [2.24, 2.45) is 0 Å². The molecule has 0 aliphatic heterocycles. The van der Waals surface area contributed by atoms with Crippen molar-refractivity contribution in [2.75, 3.05) is 6.54 Å². The van der Waals surface area contributed by atoms with E-state index in [0.717, 1.165) is 0 Å². The van der Waals surface area contributed by atoms with Crippen molar-refractivity contribution in [1.29, 1.82) is 5.26 Å². The summed E-state index contributed by atoms with van der Waals surface area (Å²) in [6, 6.07) is 1.61. The molecule has 7 heteroatoms. The minimum absolute atomic E-state index is 0.119. The van der Waals surface area contributed by atoms with Crippen LogP contribution in [0.15, 0.2) is 0 Å². The molecule has 0 heterocycles. The summed E-state index contributed by atoms with van der Waals surface area (Å²) in [7, 11) is -4.50. The summed E-state index contributed by atoms with van der Waals surface area (Å²) in [6.45, 7) is -0.275. The lowest BCUT2D eigenvalue weighted by Crippen LogP contribution is -2.29. The Balaban J connectivity index is 3.87. The molecule has 1 N–H and O–H groups in total. The number of alkyl halides is 2. The first-order valence-electron chi connectivity index (χ1n) is 2.64. The Hall–Kier alpha value is -0.740. The van der Waals surface area contributed by atoms with E-state index < -0.39 is 15.8 Å². The summed E-state index contributed by atoms with van der Waals surface area (Å²) in [4.78, 5) is 0. The Morgan fingerprint density at radius 3 is 2.45 bits per heavy atom. The van der Waals surface area contributed by atoms with Gasteiger partial charge in [0.2, 0.25) is 0 Å². The first-order chi connectivity index (χ1) is 5.00. The third-order valence-corrected chi connectivity index (χ3v) is 1.85. The molecule has 4 nitrogen and oxygen atoms in total. The molecule has 0 amide bonds. The Bertz CT molecular complexity index is 243. The molecule has 0 aromatic heterocycles. The van der Waals surface area contributed by atoms with Gasteiger partial charge >= 0.3 is 5.76 Å². The van der Waals surface area contributed by atoms with Gasteiger partial charge in [-0.05, 0) is 0 Å². The molecule has 0 atom stereocenters. The molecule has 0 saturated carbocycles. The molecule has 0 aliphatic carbocycles. The molecule has 0 aliphatic rings. The van der Waals surface area contributed by atoms with Gasteiger partial charge in [-0.25, -0.2) is 13.1 Å². The van der Waals surface area contributed by atoms with Gasteiger partial charge in [-0.1, -0.05) is 0 Å². The van der Waals surface area contributed by atoms with Crippen molar-refractivity contribution >= 4 is 10.0 Å². The standard InChI is InChI=1S/C4H6F2N2O2S/c5-4(6)11(9,10)8-3-1-2-7/h4,8H,1,3H2. The molecule has 11 heavy (non-hydrogen) atoms. The van der Waals surface area contributed by atoms with Crippen LogP contribution in [0, 0.1) is 11.3 Å². The number of nitriles is 1. The molecule has 0 rings (SSSR count). The van der Waals surface area contributed by atoms with Crippen molar-refractivity contribution in [2.45, 2.75) is 12.2 Å². The van der Waals surface area contributed by atoms with E-state index in [9.17, 15) is 17.2 Å². The topological polar surface area (TPSA) is 70.0 Å². The summed E-state index contributed by atoms with van der Waals surface area (Å²) in [5.41, 5.74) is 0. The normalized spacial score (nSPS) is 11.5. The highest BCUT2D eigenvalue weighted by Gasteiger charge is 2.22. The largest absolute Gasteiger partial charge is 0.350 e.